The van der Waals surface area contributed by atoms with E-state index in [1.54, 1.807) is 26.8 Å². The third-order valence-electron chi connectivity index (χ3n) is 4.38. The van der Waals surface area contributed by atoms with Crippen LogP contribution in [0.2, 0.25) is 0 Å². The van der Waals surface area contributed by atoms with Crippen LogP contribution in [-0.2, 0) is 16.0 Å². The molecule has 160 valence electrons. The summed E-state index contributed by atoms with van der Waals surface area (Å²) in [6, 6.07) is 4.75. The molecule has 0 aliphatic carbocycles. The van der Waals surface area contributed by atoms with Gasteiger partial charge < -0.3 is 24.7 Å². The minimum absolute atomic E-state index is 0.159. The van der Waals surface area contributed by atoms with E-state index in [1.165, 1.54) is 0 Å². The van der Waals surface area contributed by atoms with Gasteiger partial charge in [-0.2, -0.15) is 0 Å². The van der Waals surface area contributed by atoms with Crippen molar-refractivity contribution in [2.75, 3.05) is 20.6 Å². The molecule has 2 rings (SSSR count). The van der Waals surface area contributed by atoms with E-state index in [-0.39, 0.29) is 5.92 Å². The van der Waals surface area contributed by atoms with E-state index in [9.17, 15) is 9.59 Å². The third kappa shape index (κ3) is 6.49. The summed E-state index contributed by atoms with van der Waals surface area (Å²) in [5.41, 5.74) is 1.34. The Bertz CT molecular complexity index is 849. The van der Waals surface area contributed by atoms with Crippen molar-refractivity contribution in [2.45, 2.75) is 52.7 Å². The van der Waals surface area contributed by atoms with E-state index in [4.69, 9.17) is 9.47 Å². The fourth-order valence-electron chi connectivity index (χ4n) is 2.95. The topological polar surface area (TPSA) is 83.7 Å². The van der Waals surface area contributed by atoms with Crippen LogP contribution in [0.25, 0.3) is 10.9 Å². The number of esters is 1. The van der Waals surface area contributed by atoms with Gasteiger partial charge in [-0.3, -0.25) is 0 Å². The summed E-state index contributed by atoms with van der Waals surface area (Å²) < 4.78 is 11.0. The molecule has 2 N–H and O–H groups in total. The third-order valence-corrected chi connectivity index (χ3v) is 4.38. The molecule has 7 heteroatoms. The lowest BCUT2D eigenvalue weighted by molar-refractivity contribution is -0.137. The number of hydrogen-bond donors (Lipinski definition) is 2. The molecule has 0 radical (unpaired) electrons. The Hall–Kier alpha value is -2.54. The summed E-state index contributed by atoms with van der Waals surface area (Å²) in [5, 5.41) is 3.53. The molecule has 0 fully saturated rings. The maximum absolute atomic E-state index is 12.9. The van der Waals surface area contributed by atoms with Crippen molar-refractivity contribution in [3.8, 4) is 5.75 Å². The number of likely N-dealkylation sites (N-methyl/N-ethyl adjacent to an activating group) is 1. The molecule has 2 aromatic rings. The molecule has 0 aliphatic heterocycles. The van der Waals surface area contributed by atoms with E-state index in [0.717, 1.165) is 29.4 Å². The minimum Gasteiger partial charge on any atom is -0.444 e. The summed E-state index contributed by atoms with van der Waals surface area (Å²) in [4.78, 5) is 30.4. The van der Waals surface area contributed by atoms with Gasteiger partial charge in [-0.05, 0) is 64.9 Å². The number of fused-ring (bicyclic) bond motifs is 1. The van der Waals surface area contributed by atoms with Crippen LogP contribution >= 0.6 is 0 Å². The fraction of sp³-hybridized carbons (Fsp3) is 0.545. The van der Waals surface area contributed by atoms with Crippen LogP contribution in [-0.4, -0.2) is 54.2 Å². The fourth-order valence-corrected chi connectivity index (χ4v) is 2.95. The largest absolute Gasteiger partial charge is 0.444 e. The number of ether oxygens (including phenoxy) is 2. The van der Waals surface area contributed by atoms with Crippen LogP contribution in [0.5, 0.6) is 5.75 Å². The van der Waals surface area contributed by atoms with Crippen LogP contribution in [0.1, 0.15) is 40.2 Å². The smallest absolute Gasteiger partial charge is 0.408 e. The van der Waals surface area contributed by atoms with Crippen molar-refractivity contribution in [1.29, 1.82) is 0 Å². The maximum atomic E-state index is 12.9. The van der Waals surface area contributed by atoms with E-state index in [0.29, 0.717) is 5.75 Å². The first kappa shape index (κ1) is 22.7. The normalized spacial score (nSPS) is 13.0. The molecule has 1 aromatic heterocycles. The average Bonchev–Trinajstić information content (AvgIpc) is 3.00. The van der Waals surface area contributed by atoms with Crippen molar-refractivity contribution in [3.05, 3.63) is 30.0 Å². The van der Waals surface area contributed by atoms with Crippen molar-refractivity contribution in [3.63, 3.8) is 0 Å². The Balaban J connectivity index is 2.22. The standard InChI is InChI=1S/C22H33N3O4/c1-14(2)19(24-21(27)29-22(3,4)5)20(26)28-17-10-8-9-16-18(17)15(13-23-16)11-12-25(6)7/h8-10,13-14,19,23H,11-12H2,1-7H3,(H,24,27)/t19-/m0/s1. The summed E-state index contributed by atoms with van der Waals surface area (Å²) in [5.74, 6) is -0.189. The zero-order valence-electron chi connectivity index (χ0n) is 18.5. The predicted octanol–water partition coefficient (Wildman–Crippen LogP) is 3.73. The first-order valence-electron chi connectivity index (χ1n) is 9.93. The SMILES string of the molecule is CC(C)[C@H](NC(=O)OC(C)(C)C)C(=O)Oc1cccc2[nH]cc(CCN(C)C)c12. The van der Waals surface area contributed by atoms with Gasteiger partial charge in [0.05, 0.1) is 0 Å². The Kier molecular flexibility index (Phi) is 7.30. The molecule has 1 heterocycles. The van der Waals surface area contributed by atoms with Gasteiger partial charge >= 0.3 is 12.1 Å². The van der Waals surface area contributed by atoms with Crippen molar-refractivity contribution in [2.24, 2.45) is 5.92 Å². The van der Waals surface area contributed by atoms with Crippen molar-refractivity contribution in [1.82, 2.24) is 15.2 Å². The molecule has 0 saturated heterocycles. The Labute approximate surface area is 172 Å². The minimum atomic E-state index is -0.815. The highest BCUT2D eigenvalue weighted by atomic mass is 16.6. The quantitative estimate of drug-likeness (QED) is 0.544. The zero-order chi connectivity index (χ0) is 21.8. The van der Waals surface area contributed by atoms with E-state index in [1.807, 2.05) is 46.3 Å². The molecule has 7 nitrogen and oxygen atoms in total. The Morgan fingerprint density at radius 3 is 2.48 bits per heavy atom. The van der Waals surface area contributed by atoms with Crippen LogP contribution in [0.3, 0.4) is 0 Å². The number of benzene rings is 1. The number of nitrogens with one attached hydrogen (secondary N) is 2. The first-order valence-corrected chi connectivity index (χ1v) is 9.93. The molecule has 0 saturated carbocycles. The summed E-state index contributed by atoms with van der Waals surface area (Å²) in [6.45, 7) is 9.90. The van der Waals surface area contributed by atoms with Crippen molar-refractivity contribution < 1.29 is 19.1 Å². The number of aromatic amines is 1. The van der Waals surface area contributed by atoms with Gasteiger partial charge in [0, 0.05) is 23.6 Å². The predicted molar refractivity (Wildman–Crippen MR) is 114 cm³/mol. The summed E-state index contributed by atoms with van der Waals surface area (Å²) >= 11 is 0. The second kappa shape index (κ2) is 9.31. The molecule has 0 bridgehead atoms. The number of carbonyl (C=O) groups excluding carboxylic acids is 2. The highest BCUT2D eigenvalue weighted by Crippen LogP contribution is 2.30. The molecule has 1 atom stereocenters. The number of nitrogens with zero attached hydrogens (tertiary/aromatic N) is 1. The van der Waals surface area contributed by atoms with E-state index in [2.05, 4.69) is 15.2 Å². The Morgan fingerprint density at radius 2 is 1.90 bits per heavy atom. The number of rotatable bonds is 7. The number of amides is 1. The molecule has 0 spiro atoms. The van der Waals surface area contributed by atoms with Gasteiger partial charge in [-0.25, -0.2) is 9.59 Å². The monoisotopic (exact) mass is 403 g/mol. The average molecular weight is 404 g/mol. The number of carbonyl (C=O) groups is 2. The van der Waals surface area contributed by atoms with Gasteiger partial charge in [0.15, 0.2) is 0 Å². The van der Waals surface area contributed by atoms with Gasteiger partial charge in [-0.1, -0.05) is 19.9 Å². The number of alkyl carbamates (subject to hydrolysis) is 1. The molecule has 1 amide bonds. The molecule has 1 aromatic carbocycles. The summed E-state index contributed by atoms with van der Waals surface area (Å²) in [6.07, 6.45) is 2.13. The van der Waals surface area contributed by atoms with Crippen LogP contribution in [0.4, 0.5) is 4.79 Å². The second-order valence-electron chi connectivity index (χ2n) is 8.83. The molecule has 29 heavy (non-hydrogen) atoms. The number of hydrogen-bond acceptors (Lipinski definition) is 5. The maximum Gasteiger partial charge on any atom is 0.408 e. The Morgan fingerprint density at radius 1 is 1.21 bits per heavy atom. The van der Waals surface area contributed by atoms with Gasteiger partial charge in [0.2, 0.25) is 0 Å². The first-order chi connectivity index (χ1) is 13.5. The highest BCUT2D eigenvalue weighted by molar-refractivity contribution is 5.92. The lowest BCUT2D eigenvalue weighted by Gasteiger charge is -2.24. The lowest BCUT2D eigenvalue weighted by atomic mass is 10.0. The highest BCUT2D eigenvalue weighted by Gasteiger charge is 2.29. The molecule has 0 unspecified atom stereocenters. The summed E-state index contributed by atoms with van der Waals surface area (Å²) in [7, 11) is 4.04. The van der Waals surface area contributed by atoms with Crippen LogP contribution in [0.15, 0.2) is 24.4 Å². The molecular formula is C22H33N3O4. The van der Waals surface area contributed by atoms with E-state index < -0.39 is 23.7 Å². The number of H-pyrrole nitrogens is 1. The van der Waals surface area contributed by atoms with E-state index >= 15 is 0 Å². The molecular weight excluding hydrogens is 370 g/mol. The van der Waals surface area contributed by atoms with Crippen molar-refractivity contribution >= 4 is 23.0 Å². The number of aromatic nitrogens is 1. The zero-order valence-corrected chi connectivity index (χ0v) is 18.5. The van der Waals surface area contributed by atoms with Crippen LogP contribution in [0, 0.1) is 5.92 Å². The van der Waals surface area contributed by atoms with Gasteiger partial charge in [0.1, 0.15) is 17.4 Å². The lowest BCUT2D eigenvalue weighted by Crippen LogP contribution is -2.48. The van der Waals surface area contributed by atoms with Gasteiger partial charge in [0.25, 0.3) is 0 Å². The molecule has 0 aliphatic rings. The van der Waals surface area contributed by atoms with Gasteiger partial charge in [-0.15, -0.1) is 0 Å². The second-order valence-corrected chi connectivity index (χ2v) is 8.83. The van der Waals surface area contributed by atoms with Crippen LogP contribution < -0.4 is 10.1 Å².